The van der Waals surface area contributed by atoms with Gasteiger partial charge in [-0.2, -0.15) is 0 Å². The zero-order chi connectivity index (χ0) is 11.4. The van der Waals surface area contributed by atoms with Gasteiger partial charge in [-0.15, -0.1) is 11.3 Å². The number of thiophene rings is 1. The van der Waals surface area contributed by atoms with Crippen LogP contribution in [-0.4, -0.2) is 12.6 Å². The maximum absolute atomic E-state index is 3.69. The molecule has 0 amide bonds. The summed E-state index contributed by atoms with van der Waals surface area (Å²) in [5.74, 6) is 1.84. The summed E-state index contributed by atoms with van der Waals surface area (Å²) >= 11 is 1.90. The lowest BCUT2D eigenvalue weighted by Gasteiger charge is -2.24. The van der Waals surface area contributed by atoms with Gasteiger partial charge in [-0.25, -0.2) is 0 Å². The van der Waals surface area contributed by atoms with Gasteiger partial charge in [-0.1, -0.05) is 26.3 Å². The predicted molar refractivity (Wildman–Crippen MR) is 72.0 cm³/mol. The molecule has 1 aromatic heterocycles. The third kappa shape index (κ3) is 3.08. The molecule has 0 radical (unpaired) electrons. The largest absolute Gasteiger partial charge is 0.314 e. The van der Waals surface area contributed by atoms with Gasteiger partial charge in [-0.3, -0.25) is 0 Å². The zero-order valence-electron chi connectivity index (χ0n) is 10.4. The smallest absolute Gasteiger partial charge is 0.0144 e. The highest BCUT2D eigenvalue weighted by Crippen LogP contribution is 2.34. The molecule has 3 unspecified atom stereocenters. The first-order valence-corrected chi connectivity index (χ1v) is 7.43. The molecule has 0 aromatic carbocycles. The zero-order valence-corrected chi connectivity index (χ0v) is 11.2. The van der Waals surface area contributed by atoms with Gasteiger partial charge in [0.2, 0.25) is 0 Å². The summed E-state index contributed by atoms with van der Waals surface area (Å²) in [4.78, 5) is 1.53. The Labute approximate surface area is 103 Å². The van der Waals surface area contributed by atoms with Crippen molar-refractivity contribution in [1.82, 2.24) is 5.32 Å². The first kappa shape index (κ1) is 12.1. The van der Waals surface area contributed by atoms with Crippen LogP contribution in [-0.2, 0) is 6.42 Å². The Balaban J connectivity index is 1.94. The fourth-order valence-corrected chi connectivity index (χ4v) is 3.69. The highest BCUT2D eigenvalue weighted by molar-refractivity contribution is 7.09. The first-order chi connectivity index (χ1) is 7.79. The predicted octanol–water partition coefficient (Wildman–Crippen LogP) is 3.70. The van der Waals surface area contributed by atoms with Crippen molar-refractivity contribution in [2.45, 2.75) is 45.6 Å². The Morgan fingerprint density at radius 1 is 1.50 bits per heavy atom. The van der Waals surface area contributed by atoms with E-state index in [1.807, 2.05) is 11.3 Å². The third-order valence-corrected chi connectivity index (χ3v) is 4.67. The molecule has 1 aliphatic rings. The van der Waals surface area contributed by atoms with Gasteiger partial charge < -0.3 is 5.32 Å². The highest BCUT2D eigenvalue weighted by atomic mass is 32.1. The summed E-state index contributed by atoms with van der Waals surface area (Å²) < 4.78 is 0. The molecular formula is C14H23NS. The van der Waals surface area contributed by atoms with E-state index in [9.17, 15) is 0 Å². The monoisotopic (exact) mass is 237 g/mol. The normalized spacial score (nSPS) is 27.1. The molecule has 16 heavy (non-hydrogen) atoms. The summed E-state index contributed by atoms with van der Waals surface area (Å²) in [6.45, 7) is 5.72. The second-order valence-corrected chi connectivity index (χ2v) is 6.16. The lowest BCUT2D eigenvalue weighted by Crippen LogP contribution is -2.36. The Hall–Kier alpha value is -0.340. The van der Waals surface area contributed by atoms with Crippen molar-refractivity contribution in [3.63, 3.8) is 0 Å². The van der Waals surface area contributed by atoms with E-state index in [0.29, 0.717) is 6.04 Å². The first-order valence-electron chi connectivity index (χ1n) is 6.55. The quantitative estimate of drug-likeness (QED) is 0.823. The summed E-state index contributed by atoms with van der Waals surface area (Å²) in [6.07, 6.45) is 5.49. The van der Waals surface area contributed by atoms with E-state index in [2.05, 4.69) is 36.7 Å². The van der Waals surface area contributed by atoms with Crippen LogP contribution < -0.4 is 5.32 Å². The molecule has 0 spiro atoms. The minimum absolute atomic E-state index is 0.702. The molecule has 3 atom stereocenters. The molecule has 1 nitrogen and oxygen atoms in total. The average molecular weight is 237 g/mol. The highest BCUT2D eigenvalue weighted by Gasteiger charge is 2.28. The topological polar surface area (TPSA) is 12.0 Å². The van der Waals surface area contributed by atoms with Crippen LogP contribution in [0.25, 0.3) is 0 Å². The van der Waals surface area contributed by atoms with Crippen molar-refractivity contribution >= 4 is 11.3 Å². The Morgan fingerprint density at radius 3 is 2.94 bits per heavy atom. The second kappa shape index (κ2) is 5.83. The molecule has 0 bridgehead atoms. The van der Waals surface area contributed by atoms with Gasteiger partial charge in [0.25, 0.3) is 0 Å². The molecule has 0 saturated heterocycles. The molecule has 1 heterocycles. The van der Waals surface area contributed by atoms with Crippen LogP contribution in [0.3, 0.4) is 0 Å². The van der Waals surface area contributed by atoms with Gasteiger partial charge in [-0.05, 0) is 49.1 Å². The summed E-state index contributed by atoms with van der Waals surface area (Å²) in [6, 6.07) is 5.14. The van der Waals surface area contributed by atoms with E-state index in [0.717, 1.165) is 18.4 Å². The molecule has 1 aliphatic carbocycles. The van der Waals surface area contributed by atoms with Crippen LogP contribution in [0, 0.1) is 11.8 Å². The Morgan fingerprint density at radius 2 is 2.38 bits per heavy atom. The van der Waals surface area contributed by atoms with Crippen LogP contribution in [0.1, 0.15) is 38.0 Å². The fourth-order valence-electron chi connectivity index (χ4n) is 2.93. The minimum atomic E-state index is 0.702. The standard InChI is InChI=1S/C14H23NS/c1-3-15-14(10-13-5-4-8-16-13)12-7-6-11(2)9-12/h4-5,8,11-12,14-15H,3,6-7,9-10H2,1-2H3. The number of likely N-dealkylation sites (N-methyl/N-ethyl adjacent to an activating group) is 1. The molecular weight excluding hydrogens is 214 g/mol. The van der Waals surface area contributed by atoms with Crippen LogP contribution >= 0.6 is 11.3 Å². The van der Waals surface area contributed by atoms with Crippen molar-refractivity contribution in [3.05, 3.63) is 22.4 Å². The number of hydrogen-bond acceptors (Lipinski definition) is 2. The van der Waals surface area contributed by atoms with Gasteiger partial charge in [0.15, 0.2) is 0 Å². The number of rotatable bonds is 5. The summed E-state index contributed by atoms with van der Waals surface area (Å²) in [5, 5.41) is 5.88. The van der Waals surface area contributed by atoms with Crippen molar-refractivity contribution in [1.29, 1.82) is 0 Å². The number of hydrogen-bond donors (Lipinski definition) is 1. The van der Waals surface area contributed by atoms with Crippen molar-refractivity contribution in [2.24, 2.45) is 11.8 Å². The molecule has 1 N–H and O–H groups in total. The van der Waals surface area contributed by atoms with Crippen LogP contribution in [0.15, 0.2) is 17.5 Å². The van der Waals surface area contributed by atoms with Crippen LogP contribution in [0.2, 0.25) is 0 Å². The summed E-state index contributed by atoms with van der Waals surface area (Å²) in [5.41, 5.74) is 0. The van der Waals surface area contributed by atoms with Gasteiger partial charge in [0, 0.05) is 10.9 Å². The lowest BCUT2D eigenvalue weighted by molar-refractivity contribution is 0.355. The third-order valence-electron chi connectivity index (χ3n) is 3.77. The molecule has 0 aliphatic heterocycles. The van der Waals surface area contributed by atoms with Crippen molar-refractivity contribution in [3.8, 4) is 0 Å². The molecule has 1 aromatic rings. The molecule has 90 valence electrons. The minimum Gasteiger partial charge on any atom is -0.314 e. The van der Waals surface area contributed by atoms with E-state index >= 15 is 0 Å². The van der Waals surface area contributed by atoms with E-state index < -0.39 is 0 Å². The maximum atomic E-state index is 3.69. The lowest BCUT2D eigenvalue weighted by atomic mass is 9.94. The van der Waals surface area contributed by atoms with E-state index in [1.54, 1.807) is 0 Å². The number of nitrogens with one attached hydrogen (secondary N) is 1. The van der Waals surface area contributed by atoms with E-state index in [4.69, 9.17) is 0 Å². The molecule has 2 rings (SSSR count). The Kier molecular flexibility index (Phi) is 4.42. The van der Waals surface area contributed by atoms with E-state index in [1.165, 1.54) is 30.6 Å². The summed E-state index contributed by atoms with van der Waals surface area (Å²) in [7, 11) is 0. The van der Waals surface area contributed by atoms with Crippen molar-refractivity contribution in [2.75, 3.05) is 6.54 Å². The SMILES string of the molecule is CCNC(Cc1cccs1)C1CCC(C)C1. The molecule has 2 heteroatoms. The maximum Gasteiger partial charge on any atom is 0.0144 e. The fraction of sp³-hybridized carbons (Fsp3) is 0.714. The Bertz CT molecular complexity index is 294. The van der Waals surface area contributed by atoms with Gasteiger partial charge >= 0.3 is 0 Å². The second-order valence-electron chi connectivity index (χ2n) is 5.13. The van der Waals surface area contributed by atoms with Crippen LogP contribution in [0.5, 0.6) is 0 Å². The molecule has 1 saturated carbocycles. The molecule has 1 fully saturated rings. The van der Waals surface area contributed by atoms with Gasteiger partial charge in [0.05, 0.1) is 0 Å². The van der Waals surface area contributed by atoms with Crippen LogP contribution in [0.4, 0.5) is 0 Å². The van der Waals surface area contributed by atoms with Gasteiger partial charge in [0.1, 0.15) is 0 Å². The van der Waals surface area contributed by atoms with Crippen molar-refractivity contribution < 1.29 is 0 Å². The average Bonchev–Trinajstić information content (AvgIpc) is 2.88. The van der Waals surface area contributed by atoms with E-state index in [-0.39, 0.29) is 0 Å².